The average molecular weight is 459 g/mol. The van der Waals surface area contributed by atoms with Crippen molar-refractivity contribution in [2.75, 3.05) is 0 Å². The summed E-state index contributed by atoms with van der Waals surface area (Å²) in [5.41, 5.74) is -0.784. The van der Waals surface area contributed by atoms with E-state index in [0.717, 1.165) is 31.4 Å². The number of benzene rings is 1. The van der Waals surface area contributed by atoms with Gasteiger partial charge in [-0.3, -0.25) is 4.79 Å². The van der Waals surface area contributed by atoms with Gasteiger partial charge in [-0.05, 0) is 24.5 Å². The first kappa shape index (κ1) is 28.3. The Balaban J connectivity index is 2.25. The van der Waals surface area contributed by atoms with E-state index in [1.165, 1.54) is 70.6 Å². The molecule has 0 amide bonds. The molecule has 0 aliphatic rings. The molecular formula is C26H41F3O3. The lowest BCUT2D eigenvalue weighted by Gasteiger charge is -2.17. The van der Waals surface area contributed by atoms with Gasteiger partial charge >= 0.3 is 6.18 Å². The SMILES string of the molecule is CCCCCCCCCCCCCCCCC(C)c1c(O)ccc(C(=O)C(F)(F)F)c1O. The molecule has 0 aliphatic heterocycles. The second-order valence-corrected chi connectivity index (χ2v) is 9.01. The number of unbranched alkanes of at least 4 members (excludes halogenated alkanes) is 13. The maximum Gasteiger partial charge on any atom is 0.455 e. The van der Waals surface area contributed by atoms with E-state index in [9.17, 15) is 28.2 Å². The number of carbonyl (C=O) groups is 1. The zero-order valence-electron chi connectivity index (χ0n) is 19.8. The van der Waals surface area contributed by atoms with Crippen molar-refractivity contribution in [2.24, 2.45) is 0 Å². The van der Waals surface area contributed by atoms with Gasteiger partial charge in [-0.15, -0.1) is 0 Å². The second-order valence-electron chi connectivity index (χ2n) is 9.01. The highest BCUT2D eigenvalue weighted by atomic mass is 19.4. The fourth-order valence-electron chi connectivity index (χ4n) is 4.21. The van der Waals surface area contributed by atoms with Crippen molar-refractivity contribution in [3.8, 4) is 11.5 Å². The van der Waals surface area contributed by atoms with Crippen molar-refractivity contribution < 1.29 is 28.2 Å². The molecule has 0 radical (unpaired) electrons. The Morgan fingerprint density at radius 1 is 0.812 bits per heavy atom. The highest BCUT2D eigenvalue weighted by Crippen LogP contribution is 2.40. The van der Waals surface area contributed by atoms with Crippen LogP contribution < -0.4 is 0 Å². The van der Waals surface area contributed by atoms with Gasteiger partial charge in [0.1, 0.15) is 11.5 Å². The Kier molecular flexibility index (Phi) is 13.4. The molecule has 1 rings (SSSR count). The predicted octanol–water partition coefficient (Wildman–Crippen LogP) is 8.82. The van der Waals surface area contributed by atoms with Crippen LogP contribution in [0.25, 0.3) is 0 Å². The number of Topliss-reactive ketones (excluding diaryl/α,β-unsaturated/α-hetero) is 1. The van der Waals surface area contributed by atoms with E-state index in [1.54, 1.807) is 6.92 Å². The molecule has 0 bridgehead atoms. The summed E-state index contributed by atoms with van der Waals surface area (Å²) in [7, 11) is 0. The summed E-state index contributed by atoms with van der Waals surface area (Å²) in [6, 6.07) is 1.87. The van der Waals surface area contributed by atoms with Crippen LogP contribution in [0.4, 0.5) is 13.2 Å². The largest absolute Gasteiger partial charge is 0.508 e. The van der Waals surface area contributed by atoms with Crippen LogP contribution >= 0.6 is 0 Å². The average Bonchev–Trinajstić information content (AvgIpc) is 2.73. The van der Waals surface area contributed by atoms with Gasteiger partial charge in [0, 0.05) is 5.56 Å². The number of phenols is 2. The zero-order chi connectivity index (χ0) is 24.0. The molecule has 1 atom stereocenters. The van der Waals surface area contributed by atoms with Gasteiger partial charge in [0.15, 0.2) is 0 Å². The zero-order valence-corrected chi connectivity index (χ0v) is 19.8. The van der Waals surface area contributed by atoms with E-state index in [4.69, 9.17) is 0 Å². The molecule has 0 saturated heterocycles. The maximum absolute atomic E-state index is 12.7. The topological polar surface area (TPSA) is 57.5 Å². The number of halogens is 3. The van der Waals surface area contributed by atoms with Crippen LogP contribution in [0.3, 0.4) is 0 Å². The van der Waals surface area contributed by atoms with Gasteiger partial charge in [-0.2, -0.15) is 13.2 Å². The summed E-state index contributed by atoms with van der Waals surface area (Å²) in [6.07, 6.45) is 12.9. The van der Waals surface area contributed by atoms with E-state index in [1.807, 2.05) is 0 Å². The van der Waals surface area contributed by atoms with Crippen LogP contribution in [-0.2, 0) is 0 Å². The normalized spacial score (nSPS) is 12.8. The summed E-state index contributed by atoms with van der Waals surface area (Å²) >= 11 is 0. The number of phenolic OH excluding ortho intramolecular Hbond substituents is 2. The summed E-state index contributed by atoms with van der Waals surface area (Å²) in [5.74, 6) is -3.47. The predicted molar refractivity (Wildman–Crippen MR) is 124 cm³/mol. The maximum atomic E-state index is 12.7. The molecule has 6 heteroatoms. The van der Waals surface area contributed by atoms with Crippen LogP contribution in [0.1, 0.15) is 132 Å². The van der Waals surface area contributed by atoms with Crippen LogP contribution in [0.2, 0.25) is 0 Å². The van der Waals surface area contributed by atoms with E-state index in [0.29, 0.717) is 6.42 Å². The van der Waals surface area contributed by atoms with Crippen molar-refractivity contribution in [3.05, 3.63) is 23.3 Å². The first-order valence-corrected chi connectivity index (χ1v) is 12.4. The number of rotatable bonds is 17. The van der Waals surface area contributed by atoms with Crippen molar-refractivity contribution >= 4 is 5.78 Å². The third-order valence-corrected chi connectivity index (χ3v) is 6.18. The fourth-order valence-corrected chi connectivity index (χ4v) is 4.21. The van der Waals surface area contributed by atoms with E-state index >= 15 is 0 Å². The molecule has 3 nitrogen and oxygen atoms in total. The molecule has 184 valence electrons. The summed E-state index contributed by atoms with van der Waals surface area (Å²) in [6.45, 7) is 3.99. The minimum atomic E-state index is -5.07. The lowest BCUT2D eigenvalue weighted by molar-refractivity contribution is -0.0886. The third-order valence-electron chi connectivity index (χ3n) is 6.18. The number of aromatic hydroxyl groups is 2. The lowest BCUT2D eigenvalue weighted by atomic mass is 9.90. The Bertz CT molecular complexity index is 671. The number of alkyl halides is 3. The quantitative estimate of drug-likeness (QED) is 0.181. The van der Waals surface area contributed by atoms with Gasteiger partial charge < -0.3 is 10.2 Å². The molecular weight excluding hydrogens is 417 g/mol. The van der Waals surface area contributed by atoms with Crippen molar-refractivity contribution in [1.29, 1.82) is 0 Å². The Morgan fingerprint density at radius 3 is 1.69 bits per heavy atom. The van der Waals surface area contributed by atoms with Crippen molar-refractivity contribution in [1.82, 2.24) is 0 Å². The van der Waals surface area contributed by atoms with Gasteiger partial charge in [-0.1, -0.05) is 104 Å². The molecule has 0 saturated carbocycles. The first-order chi connectivity index (χ1) is 15.2. The molecule has 0 aliphatic carbocycles. The van der Waals surface area contributed by atoms with Crippen LogP contribution in [0, 0.1) is 0 Å². The van der Waals surface area contributed by atoms with Crippen LogP contribution in [0.5, 0.6) is 11.5 Å². The standard InChI is InChI=1S/C26H41F3O3/c1-3-4-5-6-7-8-9-10-11-12-13-14-15-16-17-20(2)23-22(30)19-18-21(24(23)31)25(32)26(27,28)29/h18-20,30-31H,3-17H2,1-2H3. The van der Waals surface area contributed by atoms with Gasteiger partial charge in [0.05, 0.1) is 5.56 Å². The van der Waals surface area contributed by atoms with Crippen LogP contribution in [0.15, 0.2) is 12.1 Å². The summed E-state index contributed by atoms with van der Waals surface area (Å²) < 4.78 is 38.2. The summed E-state index contributed by atoms with van der Waals surface area (Å²) in [4.78, 5) is 11.5. The molecule has 32 heavy (non-hydrogen) atoms. The molecule has 0 spiro atoms. The molecule has 1 unspecified atom stereocenters. The number of ketones is 1. The van der Waals surface area contributed by atoms with Crippen LogP contribution in [-0.4, -0.2) is 22.2 Å². The van der Waals surface area contributed by atoms with E-state index in [-0.39, 0.29) is 17.2 Å². The fraction of sp³-hybridized carbons (Fsp3) is 0.731. The highest BCUT2D eigenvalue weighted by molar-refractivity contribution is 6.03. The van der Waals surface area contributed by atoms with Gasteiger partial charge in [0.25, 0.3) is 5.78 Å². The smallest absolute Gasteiger partial charge is 0.455 e. The van der Waals surface area contributed by atoms with Crippen molar-refractivity contribution in [2.45, 2.75) is 122 Å². The first-order valence-electron chi connectivity index (χ1n) is 12.4. The molecule has 0 fully saturated rings. The Labute approximate surface area is 191 Å². The minimum absolute atomic E-state index is 0.0230. The highest BCUT2D eigenvalue weighted by Gasteiger charge is 2.41. The Hall–Kier alpha value is -1.72. The third kappa shape index (κ3) is 10.3. The Morgan fingerprint density at radius 2 is 1.25 bits per heavy atom. The monoisotopic (exact) mass is 458 g/mol. The molecule has 0 heterocycles. The van der Waals surface area contributed by atoms with Gasteiger partial charge in [-0.25, -0.2) is 0 Å². The summed E-state index contributed by atoms with van der Waals surface area (Å²) in [5, 5.41) is 20.2. The minimum Gasteiger partial charge on any atom is -0.508 e. The second kappa shape index (κ2) is 15.2. The van der Waals surface area contributed by atoms with E-state index < -0.39 is 23.3 Å². The molecule has 1 aromatic rings. The van der Waals surface area contributed by atoms with Gasteiger partial charge in [0.2, 0.25) is 0 Å². The molecule has 1 aromatic carbocycles. The molecule has 2 N–H and O–H groups in total. The molecule has 0 aromatic heterocycles. The number of carbonyl (C=O) groups excluding carboxylic acids is 1. The van der Waals surface area contributed by atoms with Crippen molar-refractivity contribution in [3.63, 3.8) is 0 Å². The number of hydrogen-bond donors (Lipinski definition) is 2. The number of hydrogen-bond acceptors (Lipinski definition) is 3. The van der Waals surface area contributed by atoms with E-state index in [2.05, 4.69) is 6.92 Å². The lowest BCUT2D eigenvalue weighted by Crippen LogP contribution is -2.23.